The van der Waals surface area contributed by atoms with E-state index in [1.165, 1.54) is 6.07 Å². The average Bonchev–Trinajstić information content (AvgIpc) is 3.14. The van der Waals surface area contributed by atoms with Gasteiger partial charge in [-0.1, -0.05) is 18.2 Å². The molecule has 0 radical (unpaired) electrons. The Morgan fingerprint density at radius 3 is 2.70 bits per heavy atom. The van der Waals surface area contributed by atoms with Crippen molar-refractivity contribution in [1.29, 1.82) is 0 Å². The highest BCUT2D eigenvalue weighted by Crippen LogP contribution is 2.21. The summed E-state index contributed by atoms with van der Waals surface area (Å²) in [6.45, 7) is -2.03. The molecule has 1 aliphatic rings. The summed E-state index contributed by atoms with van der Waals surface area (Å²) < 4.78 is 34.8. The molecular weight excluding hydrogens is 356 g/mol. The van der Waals surface area contributed by atoms with Crippen molar-refractivity contribution in [2.24, 2.45) is 4.99 Å². The van der Waals surface area contributed by atoms with Gasteiger partial charge in [0.2, 0.25) is 0 Å². The summed E-state index contributed by atoms with van der Waals surface area (Å²) in [4.78, 5) is 15.9. The van der Waals surface area contributed by atoms with Crippen LogP contribution in [0.25, 0.3) is 0 Å². The number of benzene rings is 1. The number of nitrogens with one attached hydrogen (secondary N) is 2. The van der Waals surface area contributed by atoms with Crippen molar-refractivity contribution >= 4 is 11.9 Å². The van der Waals surface area contributed by atoms with Crippen molar-refractivity contribution in [3.63, 3.8) is 0 Å². The van der Waals surface area contributed by atoms with E-state index >= 15 is 0 Å². The van der Waals surface area contributed by atoms with Gasteiger partial charge in [-0.05, 0) is 38.2 Å². The molecule has 1 aliphatic carbocycles. The fraction of sp³-hybridized carbons (Fsp3) is 0.579. The van der Waals surface area contributed by atoms with E-state index in [4.69, 9.17) is 4.74 Å². The number of ether oxygens (including phenoxy) is 2. The maximum absolute atomic E-state index is 12.4. The van der Waals surface area contributed by atoms with Gasteiger partial charge in [0.05, 0.1) is 0 Å². The van der Waals surface area contributed by atoms with Crippen molar-refractivity contribution in [2.75, 3.05) is 13.6 Å². The Morgan fingerprint density at radius 1 is 1.26 bits per heavy atom. The summed E-state index contributed by atoms with van der Waals surface area (Å²) in [7, 11) is 1.62. The minimum atomic E-state index is -2.87. The van der Waals surface area contributed by atoms with Crippen molar-refractivity contribution < 1.29 is 23.0 Å². The molecule has 0 aliphatic heterocycles. The molecule has 150 valence electrons. The van der Waals surface area contributed by atoms with Crippen LogP contribution in [0.2, 0.25) is 0 Å². The first kappa shape index (κ1) is 20.9. The lowest BCUT2D eigenvalue weighted by Crippen LogP contribution is -2.37. The third-order valence-electron chi connectivity index (χ3n) is 4.31. The number of guanidine groups is 1. The second-order valence-corrected chi connectivity index (χ2v) is 6.34. The maximum Gasteiger partial charge on any atom is 0.387 e. The first-order valence-corrected chi connectivity index (χ1v) is 9.25. The van der Waals surface area contributed by atoms with Crippen LogP contribution in [0.15, 0.2) is 29.3 Å². The average molecular weight is 383 g/mol. The number of aliphatic imine (C=N–C) groups is 1. The molecule has 1 fully saturated rings. The molecule has 0 amide bonds. The minimum absolute atomic E-state index is 0.0930. The van der Waals surface area contributed by atoms with Gasteiger partial charge in [-0.15, -0.1) is 0 Å². The normalized spacial score (nSPS) is 15.0. The number of hydrogen-bond acceptors (Lipinski definition) is 4. The van der Waals surface area contributed by atoms with E-state index in [0.29, 0.717) is 30.9 Å². The smallest absolute Gasteiger partial charge is 0.387 e. The zero-order valence-corrected chi connectivity index (χ0v) is 15.5. The highest BCUT2D eigenvalue weighted by molar-refractivity contribution is 5.79. The van der Waals surface area contributed by atoms with Gasteiger partial charge in [0.15, 0.2) is 5.96 Å². The standard InChI is InChI=1S/C19H27F2N3O3/c1-22-19(23-12-6-11-17(25)26-15-8-3-4-9-15)24-13-14-7-2-5-10-16(14)27-18(20)21/h2,5,7,10,15,18H,3-4,6,8-9,11-13H2,1H3,(H2,22,23,24). The molecular formula is C19H27F2N3O3. The number of esters is 1. The van der Waals surface area contributed by atoms with Gasteiger partial charge in [-0.25, -0.2) is 0 Å². The van der Waals surface area contributed by atoms with E-state index in [2.05, 4.69) is 20.4 Å². The molecule has 1 aromatic rings. The molecule has 0 heterocycles. The molecule has 27 heavy (non-hydrogen) atoms. The van der Waals surface area contributed by atoms with Gasteiger partial charge in [0.25, 0.3) is 0 Å². The highest BCUT2D eigenvalue weighted by Gasteiger charge is 2.18. The molecule has 0 bridgehead atoms. The van der Waals surface area contributed by atoms with Gasteiger partial charge in [0.1, 0.15) is 11.9 Å². The molecule has 0 atom stereocenters. The van der Waals surface area contributed by atoms with Crippen LogP contribution in [-0.4, -0.2) is 38.2 Å². The van der Waals surface area contributed by atoms with Crippen LogP contribution >= 0.6 is 0 Å². The maximum atomic E-state index is 12.4. The molecule has 0 aromatic heterocycles. The van der Waals surface area contributed by atoms with Crippen LogP contribution in [0.3, 0.4) is 0 Å². The predicted molar refractivity (Wildman–Crippen MR) is 98.9 cm³/mol. The third kappa shape index (κ3) is 7.80. The molecule has 1 saturated carbocycles. The lowest BCUT2D eigenvalue weighted by Gasteiger charge is -2.15. The van der Waals surface area contributed by atoms with E-state index in [0.717, 1.165) is 25.7 Å². The Morgan fingerprint density at radius 2 is 2.00 bits per heavy atom. The largest absolute Gasteiger partial charge is 0.462 e. The lowest BCUT2D eigenvalue weighted by atomic mass is 10.2. The van der Waals surface area contributed by atoms with Gasteiger partial charge in [-0.3, -0.25) is 9.79 Å². The summed E-state index contributed by atoms with van der Waals surface area (Å²) >= 11 is 0. The van der Waals surface area contributed by atoms with Crippen LogP contribution in [0.4, 0.5) is 8.78 Å². The van der Waals surface area contributed by atoms with Gasteiger partial charge in [0, 0.05) is 32.1 Å². The molecule has 2 rings (SSSR count). The second kappa shape index (κ2) is 11.4. The number of carbonyl (C=O) groups excluding carboxylic acids is 1. The fourth-order valence-corrected chi connectivity index (χ4v) is 2.95. The Hall–Kier alpha value is -2.38. The summed E-state index contributed by atoms with van der Waals surface area (Å²) in [5.74, 6) is 0.487. The van der Waals surface area contributed by atoms with E-state index < -0.39 is 6.61 Å². The van der Waals surface area contributed by atoms with Gasteiger partial charge < -0.3 is 20.1 Å². The van der Waals surface area contributed by atoms with E-state index in [9.17, 15) is 13.6 Å². The van der Waals surface area contributed by atoms with Crippen molar-refractivity contribution in [3.8, 4) is 5.75 Å². The number of carbonyl (C=O) groups is 1. The third-order valence-corrected chi connectivity index (χ3v) is 4.31. The topological polar surface area (TPSA) is 72.0 Å². The molecule has 1 aromatic carbocycles. The first-order valence-electron chi connectivity index (χ1n) is 9.25. The number of rotatable bonds is 9. The minimum Gasteiger partial charge on any atom is -0.462 e. The molecule has 0 spiro atoms. The SMILES string of the molecule is CN=C(NCCCC(=O)OC1CCCC1)NCc1ccccc1OC(F)F. The summed E-state index contributed by atoms with van der Waals surface area (Å²) in [6.07, 6.45) is 5.27. The number of para-hydroxylation sites is 1. The van der Waals surface area contributed by atoms with Crippen LogP contribution in [0.1, 0.15) is 44.1 Å². The van der Waals surface area contributed by atoms with Crippen molar-refractivity contribution in [1.82, 2.24) is 10.6 Å². The molecule has 0 unspecified atom stereocenters. The zero-order chi connectivity index (χ0) is 19.5. The number of halogens is 2. The number of alkyl halides is 2. The second-order valence-electron chi connectivity index (χ2n) is 6.34. The number of nitrogens with zero attached hydrogens (tertiary/aromatic N) is 1. The zero-order valence-electron chi connectivity index (χ0n) is 15.5. The Kier molecular flexibility index (Phi) is 8.80. The Balaban J connectivity index is 1.68. The van der Waals surface area contributed by atoms with Crippen molar-refractivity contribution in [3.05, 3.63) is 29.8 Å². The monoisotopic (exact) mass is 383 g/mol. The highest BCUT2D eigenvalue weighted by atomic mass is 19.3. The van der Waals surface area contributed by atoms with E-state index in [-0.39, 0.29) is 24.4 Å². The van der Waals surface area contributed by atoms with E-state index in [1.807, 2.05) is 0 Å². The van der Waals surface area contributed by atoms with Crippen LogP contribution in [0, 0.1) is 0 Å². The number of hydrogen-bond donors (Lipinski definition) is 2. The molecule has 8 heteroatoms. The summed E-state index contributed by atoms with van der Waals surface area (Å²) in [5, 5.41) is 6.14. The molecule has 2 N–H and O–H groups in total. The first-order chi connectivity index (χ1) is 13.1. The predicted octanol–water partition coefficient (Wildman–Crippen LogP) is 3.22. The van der Waals surface area contributed by atoms with Crippen molar-refractivity contribution in [2.45, 2.75) is 57.8 Å². The quantitative estimate of drug-likeness (QED) is 0.297. The Bertz CT molecular complexity index is 620. The van der Waals surface area contributed by atoms with Gasteiger partial charge in [-0.2, -0.15) is 8.78 Å². The van der Waals surface area contributed by atoms with Crippen LogP contribution in [-0.2, 0) is 16.1 Å². The molecule has 6 nitrogen and oxygen atoms in total. The fourth-order valence-electron chi connectivity index (χ4n) is 2.95. The lowest BCUT2D eigenvalue weighted by molar-refractivity contribution is -0.148. The molecule has 0 saturated heterocycles. The van der Waals surface area contributed by atoms with Gasteiger partial charge >= 0.3 is 12.6 Å². The van der Waals surface area contributed by atoms with Crippen LogP contribution in [0.5, 0.6) is 5.75 Å². The summed E-state index contributed by atoms with van der Waals surface area (Å²) in [5.41, 5.74) is 0.598. The van der Waals surface area contributed by atoms with Crippen LogP contribution < -0.4 is 15.4 Å². The Labute approximate surface area is 158 Å². The van der Waals surface area contributed by atoms with E-state index in [1.54, 1.807) is 25.2 Å². The summed E-state index contributed by atoms with van der Waals surface area (Å²) in [6, 6.07) is 6.59.